The number of nitrogens with two attached hydrogens (primary N) is 1. The minimum absolute atomic E-state index is 0.0148. The number of amides is 4. The summed E-state index contributed by atoms with van der Waals surface area (Å²) < 4.78 is 5.17. The number of benzene rings is 2. The van der Waals surface area contributed by atoms with Crippen LogP contribution in [0.2, 0.25) is 5.02 Å². The van der Waals surface area contributed by atoms with Gasteiger partial charge in [-0.3, -0.25) is 29.4 Å². The Morgan fingerprint density at radius 1 is 1.15 bits per heavy atom. The van der Waals surface area contributed by atoms with Gasteiger partial charge in [-0.15, -0.1) is 0 Å². The summed E-state index contributed by atoms with van der Waals surface area (Å²) in [6, 6.07) is 11.4. The average Bonchev–Trinajstić information content (AvgIpc) is 3.39. The molecule has 0 bridgehead atoms. The number of methoxy groups -OCH3 is 1. The molecule has 4 amide bonds. The Morgan fingerprint density at radius 2 is 1.88 bits per heavy atom. The van der Waals surface area contributed by atoms with Crippen LogP contribution in [0, 0.1) is 11.8 Å². The van der Waals surface area contributed by atoms with Crippen LogP contribution in [0.15, 0.2) is 42.5 Å². The molecular formula is C24H23ClN4O5. The van der Waals surface area contributed by atoms with Crippen LogP contribution in [0.1, 0.15) is 24.0 Å². The van der Waals surface area contributed by atoms with Gasteiger partial charge in [0, 0.05) is 28.7 Å². The molecular weight excluding hydrogens is 460 g/mol. The highest BCUT2D eigenvalue weighted by Crippen LogP contribution is 2.54. The topological polar surface area (TPSA) is 131 Å². The van der Waals surface area contributed by atoms with Crippen molar-refractivity contribution in [1.29, 1.82) is 0 Å². The SMILES string of the molecule is COc1ccc(CN2C(=O)[C@@H]3[C@@H](C2=O)[C@@]2(N[C@@H]3CCC(N)=O)C(=O)Nc3ccc(Cl)cc32)cc1. The molecule has 34 heavy (non-hydrogen) atoms. The summed E-state index contributed by atoms with van der Waals surface area (Å²) in [7, 11) is 1.55. The molecule has 5 rings (SSSR count). The first-order chi connectivity index (χ1) is 16.3. The van der Waals surface area contributed by atoms with Crippen molar-refractivity contribution in [3.63, 3.8) is 0 Å². The average molecular weight is 483 g/mol. The molecule has 1 spiro atoms. The van der Waals surface area contributed by atoms with E-state index in [9.17, 15) is 19.2 Å². The van der Waals surface area contributed by atoms with Gasteiger partial charge in [-0.1, -0.05) is 23.7 Å². The number of hydrogen-bond acceptors (Lipinski definition) is 6. The van der Waals surface area contributed by atoms with Crippen molar-refractivity contribution in [3.8, 4) is 5.75 Å². The van der Waals surface area contributed by atoms with Gasteiger partial charge in [-0.2, -0.15) is 0 Å². The van der Waals surface area contributed by atoms with Crippen LogP contribution >= 0.6 is 11.6 Å². The first-order valence-corrected chi connectivity index (χ1v) is 11.3. The summed E-state index contributed by atoms with van der Waals surface area (Å²) in [6.45, 7) is 0.0668. The highest BCUT2D eigenvalue weighted by atomic mass is 35.5. The minimum Gasteiger partial charge on any atom is -0.497 e. The standard InChI is InChI=1S/C24H23ClN4O5/c1-34-14-5-2-12(3-6-14)11-29-21(31)19-17(8-9-18(26)30)28-24(20(19)22(29)32)15-10-13(25)4-7-16(15)27-23(24)33/h2-7,10,17,19-20,28H,8-9,11H2,1H3,(H2,26,30)(H,27,33)/t17-,19+,20+,24-/m1/s1. The zero-order valence-corrected chi connectivity index (χ0v) is 19.1. The number of anilines is 1. The third kappa shape index (κ3) is 3.26. The van der Waals surface area contributed by atoms with Gasteiger partial charge in [0.15, 0.2) is 0 Å². The maximum Gasteiger partial charge on any atom is 0.250 e. The Hall–Kier alpha value is -3.43. The largest absolute Gasteiger partial charge is 0.497 e. The van der Waals surface area contributed by atoms with Gasteiger partial charge in [0.1, 0.15) is 11.3 Å². The number of nitrogens with zero attached hydrogens (tertiary/aromatic N) is 1. The number of nitrogens with one attached hydrogen (secondary N) is 2. The predicted molar refractivity (Wildman–Crippen MR) is 123 cm³/mol. The fraction of sp³-hybridized carbons (Fsp3) is 0.333. The third-order valence-corrected chi connectivity index (χ3v) is 7.20. The van der Waals surface area contributed by atoms with Crippen molar-refractivity contribution in [2.45, 2.75) is 31.0 Å². The highest BCUT2D eigenvalue weighted by Gasteiger charge is 2.70. The third-order valence-electron chi connectivity index (χ3n) is 6.97. The van der Waals surface area contributed by atoms with Crippen LogP contribution in [-0.4, -0.2) is 41.7 Å². The summed E-state index contributed by atoms with van der Waals surface area (Å²) >= 11 is 6.24. The zero-order chi connectivity index (χ0) is 24.2. The summed E-state index contributed by atoms with van der Waals surface area (Å²) in [5, 5.41) is 6.48. The summed E-state index contributed by atoms with van der Waals surface area (Å²) in [5.41, 5.74) is 5.69. The molecule has 0 radical (unpaired) electrons. The Kier molecular flexibility index (Phi) is 5.33. The van der Waals surface area contributed by atoms with E-state index in [0.717, 1.165) is 5.56 Å². The fourth-order valence-electron chi connectivity index (χ4n) is 5.45. The quantitative estimate of drug-likeness (QED) is 0.535. The number of rotatable bonds is 6. The molecule has 0 aromatic heterocycles. The number of fused-ring (bicyclic) bond motifs is 4. The molecule has 4 atom stereocenters. The van der Waals surface area contributed by atoms with Crippen molar-refractivity contribution in [3.05, 3.63) is 58.6 Å². The van der Waals surface area contributed by atoms with Gasteiger partial charge < -0.3 is 15.8 Å². The summed E-state index contributed by atoms with van der Waals surface area (Å²) in [5.74, 6) is -2.91. The minimum atomic E-state index is -1.46. The zero-order valence-electron chi connectivity index (χ0n) is 18.3. The summed E-state index contributed by atoms with van der Waals surface area (Å²) in [6.07, 6.45) is 0.234. The van der Waals surface area contributed by atoms with E-state index in [4.69, 9.17) is 22.1 Å². The molecule has 3 aliphatic rings. The second-order valence-electron chi connectivity index (χ2n) is 8.82. The van der Waals surface area contributed by atoms with Gasteiger partial charge in [0.2, 0.25) is 23.6 Å². The molecule has 9 nitrogen and oxygen atoms in total. The van der Waals surface area contributed by atoms with E-state index in [1.807, 2.05) is 0 Å². The van der Waals surface area contributed by atoms with Crippen molar-refractivity contribution in [2.24, 2.45) is 17.6 Å². The number of hydrogen-bond donors (Lipinski definition) is 3. The molecule has 0 aliphatic carbocycles. The second-order valence-corrected chi connectivity index (χ2v) is 9.26. The molecule has 0 saturated carbocycles. The molecule has 2 aromatic rings. The number of halogens is 1. The van der Waals surface area contributed by atoms with E-state index in [2.05, 4.69) is 10.6 Å². The molecule has 4 N–H and O–H groups in total. The molecule has 3 aliphatic heterocycles. The Labute approximate surface area is 200 Å². The molecule has 2 fully saturated rings. The van der Waals surface area contributed by atoms with E-state index < -0.39 is 41.1 Å². The molecule has 2 saturated heterocycles. The van der Waals surface area contributed by atoms with Crippen LogP contribution < -0.4 is 21.1 Å². The number of ether oxygens (including phenoxy) is 1. The first kappa shape index (κ1) is 22.4. The molecule has 176 valence electrons. The number of imide groups is 1. The van der Waals surface area contributed by atoms with E-state index in [1.165, 1.54) is 4.90 Å². The van der Waals surface area contributed by atoms with E-state index >= 15 is 0 Å². The van der Waals surface area contributed by atoms with Crippen molar-refractivity contribution < 1.29 is 23.9 Å². The van der Waals surface area contributed by atoms with E-state index in [-0.39, 0.29) is 25.3 Å². The van der Waals surface area contributed by atoms with Gasteiger partial charge in [0.05, 0.1) is 25.5 Å². The molecule has 10 heteroatoms. The monoisotopic (exact) mass is 482 g/mol. The number of primary amides is 1. The Bertz CT molecular complexity index is 1220. The normalized spacial score (nSPS) is 27.2. The van der Waals surface area contributed by atoms with Crippen LogP contribution in [-0.2, 0) is 31.3 Å². The van der Waals surface area contributed by atoms with Gasteiger partial charge in [-0.05, 0) is 42.3 Å². The Balaban J connectivity index is 1.56. The van der Waals surface area contributed by atoms with Gasteiger partial charge in [0.25, 0.3) is 0 Å². The molecule has 0 unspecified atom stereocenters. The maximum atomic E-state index is 13.7. The van der Waals surface area contributed by atoms with Crippen LogP contribution in [0.25, 0.3) is 0 Å². The van der Waals surface area contributed by atoms with Gasteiger partial charge in [-0.25, -0.2) is 0 Å². The lowest BCUT2D eigenvalue weighted by Crippen LogP contribution is -2.53. The molecule has 2 aromatic carbocycles. The van der Waals surface area contributed by atoms with Crippen LogP contribution in [0.5, 0.6) is 5.75 Å². The van der Waals surface area contributed by atoms with Crippen LogP contribution in [0.4, 0.5) is 5.69 Å². The smallest absolute Gasteiger partial charge is 0.250 e. The van der Waals surface area contributed by atoms with Gasteiger partial charge >= 0.3 is 0 Å². The van der Waals surface area contributed by atoms with Crippen LogP contribution in [0.3, 0.4) is 0 Å². The van der Waals surface area contributed by atoms with E-state index in [0.29, 0.717) is 22.0 Å². The van der Waals surface area contributed by atoms with Crippen molar-refractivity contribution in [1.82, 2.24) is 10.2 Å². The number of carbonyl (C=O) groups excluding carboxylic acids is 4. The second kappa shape index (κ2) is 8.11. The first-order valence-electron chi connectivity index (χ1n) is 10.9. The highest BCUT2D eigenvalue weighted by molar-refractivity contribution is 6.31. The lowest BCUT2D eigenvalue weighted by molar-refractivity contribution is -0.143. The predicted octanol–water partition coefficient (Wildman–Crippen LogP) is 1.53. The Morgan fingerprint density at radius 3 is 2.56 bits per heavy atom. The maximum absolute atomic E-state index is 13.7. The molecule has 3 heterocycles. The number of likely N-dealkylation sites (tertiary alicyclic amines) is 1. The van der Waals surface area contributed by atoms with Crippen molar-refractivity contribution >= 4 is 40.9 Å². The lowest BCUT2D eigenvalue weighted by Gasteiger charge is -2.29. The number of carbonyl (C=O) groups is 4. The fourth-order valence-corrected chi connectivity index (χ4v) is 5.62. The van der Waals surface area contributed by atoms with Crippen molar-refractivity contribution in [2.75, 3.05) is 12.4 Å². The van der Waals surface area contributed by atoms with E-state index in [1.54, 1.807) is 49.6 Å². The lowest BCUT2D eigenvalue weighted by atomic mass is 9.76. The summed E-state index contributed by atoms with van der Waals surface area (Å²) in [4.78, 5) is 53.4.